The number of benzene rings is 2. The van der Waals surface area contributed by atoms with Crippen LogP contribution in [0.25, 0.3) is 10.8 Å². The van der Waals surface area contributed by atoms with Crippen LogP contribution in [0.3, 0.4) is 0 Å². The van der Waals surface area contributed by atoms with Crippen molar-refractivity contribution in [3.63, 3.8) is 0 Å². The van der Waals surface area contributed by atoms with Crippen LogP contribution < -0.4 is 14.8 Å². The van der Waals surface area contributed by atoms with Gasteiger partial charge < -0.3 is 14.8 Å². The van der Waals surface area contributed by atoms with E-state index in [4.69, 9.17) is 9.47 Å². The minimum atomic E-state index is -3.86. The largest absolute Gasteiger partial charge is 0.454 e. The molecule has 0 aliphatic carbocycles. The molecule has 1 aromatic heterocycles. The Morgan fingerprint density at radius 2 is 2.00 bits per heavy atom. The van der Waals surface area contributed by atoms with E-state index in [0.717, 1.165) is 4.31 Å². The van der Waals surface area contributed by atoms with Gasteiger partial charge in [0, 0.05) is 42.0 Å². The molecule has 0 atom stereocenters. The topological polar surface area (TPSA) is 97.8 Å². The first-order valence-electron chi connectivity index (χ1n) is 8.44. The standard InChI is InChI=1S/C19H17N3O5S/c1-22(11-19(23)21-14-5-6-16-17(9-14)27-12-26-16)28(24,25)18-4-2-3-13-10-20-8-7-15(13)18/h2-10H,11-12H2,1H3,(H,21,23). The number of carbonyl (C=O) groups excluding carboxylic acids is 1. The summed E-state index contributed by atoms with van der Waals surface area (Å²) in [4.78, 5) is 16.5. The first kappa shape index (κ1) is 18.2. The lowest BCUT2D eigenvalue weighted by Crippen LogP contribution is -2.35. The molecule has 1 amide bonds. The normalized spacial score (nSPS) is 13.1. The van der Waals surface area contributed by atoms with Crippen molar-refractivity contribution >= 4 is 32.4 Å². The van der Waals surface area contributed by atoms with Crippen molar-refractivity contribution in [1.82, 2.24) is 9.29 Å². The Hall–Kier alpha value is -3.17. The molecular formula is C19H17N3O5S. The van der Waals surface area contributed by atoms with Gasteiger partial charge in [-0.15, -0.1) is 0 Å². The van der Waals surface area contributed by atoms with Crippen LogP contribution in [0.1, 0.15) is 0 Å². The number of amides is 1. The molecule has 9 heteroatoms. The highest BCUT2D eigenvalue weighted by atomic mass is 32.2. The van der Waals surface area contributed by atoms with Gasteiger partial charge in [0.15, 0.2) is 11.5 Å². The van der Waals surface area contributed by atoms with Crippen LogP contribution in [0.2, 0.25) is 0 Å². The predicted molar refractivity (Wildman–Crippen MR) is 103 cm³/mol. The lowest BCUT2D eigenvalue weighted by Gasteiger charge is -2.18. The van der Waals surface area contributed by atoms with E-state index >= 15 is 0 Å². The first-order chi connectivity index (χ1) is 13.4. The molecule has 3 aromatic rings. The zero-order valence-electron chi connectivity index (χ0n) is 15.0. The maximum absolute atomic E-state index is 13.0. The second-order valence-corrected chi connectivity index (χ2v) is 8.24. The lowest BCUT2D eigenvalue weighted by atomic mass is 10.2. The highest BCUT2D eigenvalue weighted by molar-refractivity contribution is 7.89. The molecule has 2 heterocycles. The number of aromatic nitrogens is 1. The number of nitrogens with one attached hydrogen (secondary N) is 1. The van der Waals surface area contributed by atoms with Gasteiger partial charge in [-0.25, -0.2) is 8.42 Å². The summed E-state index contributed by atoms with van der Waals surface area (Å²) in [6.45, 7) is -0.202. The van der Waals surface area contributed by atoms with Crippen molar-refractivity contribution in [3.05, 3.63) is 54.9 Å². The summed E-state index contributed by atoms with van der Waals surface area (Å²) < 4.78 is 37.5. The molecule has 1 N–H and O–H groups in total. The SMILES string of the molecule is CN(CC(=O)Nc1ccc2c(c1)OCO2)S(=O)(=O)c1cccc2cnccc12. The lowest BCUT2D eigenvalue weighted by molar-refractivity contribution is -0.116. The Morgan fingerprint density at radius 3 is 2.86 bits per heavy atom. The van der Waals surface area contributed by atoms with Crippen molar-refractivity contribution in [2.75, 3.05) is 25.7 Å². The minimum absolute atomic E-state index is 0.130. The average molecular weight is 399 g/mol. The summed E-state index contributed by atoms with van der Waals surface area (Å²) in [5.41, 5.74) is 0.497. The summed E-state index contributed by atoms with van der Waals surface area (Å²) in [7, 11) is -2.49. The molecule has 1 aliphatic rings. The Bertz CT molecular complexity index is 1160. The van der Waals surface area contributed by atoms with E-state index in [-0.39, 0.29) is 18.2 Å². The van der Waals surface area contributed by atoms with Gasteiger partial charge in [0.2, 0.25) is 22.7 Å². The van der Waals surface area contributed by atoms with E-state index in [1.807, 2.05) is 0 Å². The quantitative estimate of drug-likeness (QED) is 0.707. The van der Waals surface area contributed by atoms with Gasteiger partial charge in [-0.1, -0.05) is 12.1 Å². The molecule has 4 rings (SSSR count). The fourth-order valence-corrected chi connectivity index (χ4v) is 4.29. The molecular weight excluding hydrogens is 382 g/mol. The molecule has 0 saturated carbocycles. The number of ether oxygens (including phenoxy) is 2. The second kappa shape index (κ2) is 7.10. The van der Waals surface area contributed by atoms with Gasteiger partial charge in [0.1, 0.15) is 0 Å². The predicted octanol–water partition coefficient (Wildman–Crippen LogP) is 2.22. The molecule has 0 saturated heterocycles. The summed E-state index contributed by atoms with van der Waals surface area (Å²) in [5.74, 6) is 0.665. The van der Waals surface area contributed by atoms with Crippen LogP contribution in [0.15, 0.2) is 59.8 Å². The van der Waals surface area contributed by atoms with Crippen LogP contribution in [-0.4, -0.2) is 44.0 Å². The second-order valence-electron chi connectivity index (χ2n) is 6.23. The molecule has 2 aromatic carbocycles. The number of fused-ring (bicyclic) bond motifs is 2. The maximum atomic E-state index is 13.0. The van der Waals surface area contributed by atoms with E-state index in [1.165, 1.54) is 19.3 Å². The summed E-state index contributed by atoms with van der Waals surface area (Å²) in [6.07, 6.45) is 3.13. The van der Waals surface area contributed by atoms with Crippen molar-refractivity contribution in [2.45, 2.75) is 4.90 Å². The molecule has 0 fully saturated rings. The molecule has 144 valence electrons. The number of hydrogen-bond acceptors (Lipinski definition) is 6. The van der Waals surface area contributed by atoms with Crippen LogP contribution in [0.4, 0.5) is 5.69 Å². The van der Waals surface area contributed by atoms with Gasteiger partial charge in [-0.3, -0.25) is 9.78 Å². The highest BCUT2D eigenvalue weighted by Crippen LogP contribution is 2.34. The molecule has 8 nitrogen and oxygen atoms in total. The van der Waals surface area contributed by atoms with Gasteiger partial charge in [-0.05, 0) is 24.3 Å². The van der Waals surface area contributed by atoms with Crippen molar-refractivity contribution in [2.24, 2.45) is 0 Å². The third kappa shape index (κ3) is 3.37. The van der Waals surface area contributed by atoms with E-state index in [1.54, 1.807) is 42.6 Å². The monoisotopic (exact) mass is 399 g/mol. The van der Waals surface area contributed by atoms with Crippen molar-refractivity contribution < 1.29 is 22.7 Å². The summed E-state index contributed by atoms with van der Waals surface area (Å²) >= 11 is 0. The third-order valence-electron chi connectivity index (χ3n) is 4.35. The van der Waals surface area contributed by atoms with E-state index in [0.29, 0.717) is 28.0 Å². The summed E-state index contributed by atoms with van der Waals surface area (Å²) in [5, 5.41) is 3.94. The highest BCUT2D eigenvalue weighted by Gasteiger charge is 2.25. The van der Waals surface area contributed by atoms with E-state index in [9.17, 15) is 13.2 Å². The smallest absolute Gasteiger partial charge is 0.243 e. The van der Waals surface area contributed by atoms with Gasteiger partial charge >= 0.3 is 0 Å². The minimum Gasteiger partial charge on any atom is -0.454 e. The van der Waals surface area contributed by atoms with Crippen molar-refractivity contribution in [1.29, 1.82) is 0 Å². The number of likely N-dealkylation sites (N-methyl/N-ethyl adjacent to an activating group) is 1. The van der Waals surface area contributed by atoms with E-state index in [2.05, 4.69) is 10.3 Å². The maximum Gasteiger partial charge on any atom is 0.243 e. The zero-order chi connectivity index (χ0) is 19.7. The van der Waals surface area contributed by atoms with E-state index < -0.39 is 15.9 Å². The number of sulfonamides is 1. The summed E-state index contributed by atoms with van der Waals surface area (Å²) in [6, 6.07) is 11.6. The van der Waals surface area contributed by atoms with Gasteiger partial charge in [0.25, 0.3) is 0 Å². The number of nitrogens with zero attached hydrogens (tertiary/aromatic N) is 2. The molecule has 0 spiro atoms. The zero-order valence-corrected chi connectivity index (χ0v) is 15.8. The van der Waals surface area contributed by atoms with Gasteiger partial charge in [0.05, 0.1) is 11.4 Å². The number of carbonyl (C=O) groups is 1. The number of pyridine rings is 1. The number of anilines is 1. The molecule has 0 radical (unpaired) electrons. The number of hydrogen-bond donors (Lipinski definition) is 1. The van der Waals surface area contributed by atoms with Crippen LogP contribution in [0.5, 0.6) is 11.5 Å². The Kier molecular flexibility index (Phi) is 4.62. The van der Waals surface area contributed by atoms with Crippen LogP contribution in [0, 0.1) is 0 Å². The van der Waals surface area contributed by atoms with Gasteiger partial charge in [-0.2, -0.15) is 4.31 Å². The van der Waals surface area contributed by atoms with Crippen LogP contribution >= 0.6 is 0 Å². The Balaban J connectivity index is 1.52. The van der Waals surface area contributed by atoms with Crippen LogP contribution in [-0.2, 0) is 14.8 Å². The first-order valence-corrected chi connectivity index (χ1v) is 9.88. The molecule has 0 bridgehead atoms. The molecule has 0 unspecified atom stereocenters. The fraction of sp³-hybridized carbons (Fsp3) is 0.158. The average Bonchev–Trinajstić information content (AvgIpc) is 3.15. The molecule has 28 heavy (non-hydrogen) atoms. The van der Waals surface area contributed by atoms with Crippen molar-refractivity contribution in [3.8, 4) is 11.5 Å². The Labute approximate surface area is 161 Å². The third-order valence-corrected chi connectivity index (χ3v) is 6.21. The Morgan fingerprint density at radius 1 is 1.18 bits per heavy atom. The fourth-order valence-electron chi connectivity index (χ4n) is 2.95. The molecule has 1 aliphatic heterocycles. The number of rotatable bonds is 5.